The first kappa shape index (κ1) is 11.4. The van der Waals surface area contributed by atoms with Gasteiger partial charge in [-0.15, -0.1) is 0 Å². The van der Waals surface area contributed by atoms with Crippen LogP contribution in [0.1, 0.15) is 40.0 Å². The van der Waals surface area contributed by atoms with Gasteiger partial charge in [0.2, 0.25) is 0 Å². The van der Waals surface area contributed by atoms with Crippen LogP contribution in [0.4, 0.5) is 0 Å². The molecule has 3 nitrogen and oxygen atoms in total. The molecule has 0 radical (unpaired) electrons. The molecule has 14 heavy (non-hydrogen) atoms. The van der Waals surface area contributed by atoms with Gasteiger partial charge in [-0.3, -0.25) is 0 Å². The Morgan fingerprint density at radius 2 is 1.86 bits per heavy atom. The molecule has 0 spiro atoms. The van der Waals surface area contributed by atoms with E-state index in [4.69, 9.17) is 0 Å². The lowest BCUT2D eigenvalue weighted by Gasteiger charge is -2.32. The van der Waals surface area contributed by atoms with Crippen LogP contribution in [0.25, 0.3) is 0 Å². The highest BCUT2D eigenvalue weighted by molar-refractivity contribution is 5.07. The molecule has 1 aliphatic heterocycles. The van der Waals surface area contributed by atoms with Crippen LogP contribution in [0.3, 0.4) is 0 Å². The van der Waals surface area contributed by atoms with Gasteiger partial charge in [-0.1, -0.05) is 20.8 Å². The summed E-state index contributed by atoms with van der Waals surface area (Å²) >= 11 is 0. The van der Waals surface area contributed by atoms with E-state index >= 15 is 0 Å². The highest BCUT2D eigenvalue weighted by Gasteiger charge is 2.30. The lowest BCUT2D eigenvalue weighted by Crippen LogP contribution is -2.42. The van der Waals surface area contributed by atoms with E-state index in [0.29, 0.717) is 5.76 Å². The van der Waals surface area contributed by atoms with Gasteiger partial charge in [0.15, 0.2) is 0 Å². The summed E-state index contributed by atoms with van der Waals surface area (Å²) in [5, 5.41) is 14.2. The van der Waals surface area contributed by atoms with Crippen molar-refractivity contribution >= 4 is 0 Å². The van der Waals surface area contributed by atoms with Gasteiger partial charge in [-0.2, -0.15) is 0 Å². The van der Waals surface area contributed by atoms with Gasteiger partial charge in [-0.25, -0.2) is 5.01 Å². The smallest absolute Gasteiger partial charge is 0.128 e. The monoisotopic (exact) mass is 198 g/mol. The maximum Gasteiger partial charge on any atom is 0.128 e. The Kier molecular flexibility index (Phi) is 4.26. The van der Waals surface area contributed by atoms with Gasteiger partial charge in [0.1, 0.15) is 5.76 Å². The second-order valence-electron chi connectivity index (χ2n) is 3.80. The van der Waals surface area contributed by atoms with Crippen LogP contribution in [0.15, 0.2) is 12.0 Å². The molecule has 1 atom stereocenters. The zero-order valence-electron chi connectivity index (χ0n) is 9.53. The van der Waals surface area contributed by atoms with Crippen LogP contribution >= 0.6 is 0 Å². The zero-order chi connectivity index (χ0) is 10.6. The third kappa shape index (κ3) is 2.21. The molecule has 1 unspecified atom stereocenters. The summed E-state index contributed by atoms with van der Waals surface area (Å²) in [4.78, 5) is 0. The summed E-state index contributed by atoms with van der Waals surface area (Å²) in [6, 6.07) is 0.210. The van der Waals surface area contributed by atoms with E-state index in [1.54, 1.807) is 0 Å². The van der Waals surface area contributed by atoms with Crippen molar-refractivity contribution in [3.63, 3.8) is 0 Å². The van der Waals surface area contributed by atoms with Crippen LogP contribution in [-0.4, -0.2) is 34.3 Å². The first-order valence-corrected chi connectivity index (χ1v) is 5.68. The lowest BCUT2D eigenvalue weighted by atomic mass is 10.2. The molecule has 0 aliphatic carbocycles. The minimum Gasteiger partial charge on any atom is -0.509 e. The Morgan fingerprint density at radius 3 is 2.36 bits per heavy atom. The molecule has 0 aromatic carbocycles. The maximum atomic E-state index is 9.76. The Balaban J connectivity index is 2.65. The second kappa shape index (κ2) is 5.25. The molecule has 0 saturated heterocycles. The Morgan fingerprint density at radius 1 is 1.21 bits per heavy atom. The summed E-state index contributed by atoms with van der Waals surface area (Å²) in [7, 11) is 0. The third-order valence-corrected chi connectivity index (χ3v) is 2.60. The predicted octanol–water partition coefficient (Wildman–Crippen LogP) is 2.52. The molecule has 3 heteroatoms. The zero-order valence-corrected chi connectivity index (χ0v) is 9.53. The number of aliphatic hydroxyl groups is 1. The minimum atomic E-state index is 0.210. The van der Waals surface area contributed by atoms with Crippen LogP contribution in [0, 0.1) is 0 Å². The van der Waals surface area contributed by atoms with Crippen molar-refractivity contribution in [3.8, 4) is 0 Å². The fraction of sp³-hybridized carbons (Fsp3) is 0.818. The summed E-state index contributed by atoms with van der Waals surface area (Å²) < 4.78 is 0. The predicted molar refractivity (Wildman–Crippen MR) is 58.8 cm³/mol. The van der Waals surface area contributed by atoms with Crippen molar-refractivity contribution in [1.29, 1.82) is 0 Å². The molecular weight excluding hydrogens is 176 g/mol. The van der Waals surface area contributed by atoms with Crippen molar-refractivity contribution in [2.45, 2.75) is 46.1 Å². The quantitative estimate of drug-likeness (QED) is 0.735. The number of hydrazine groups is 1. The fourth-order valence-corrected chi connectivity index (χ4v) is 2.00. The van der Waals surface area contributed by atoms with Crippen molar-refractivity contribution in [1.82, 2.24) is 10.0 Å². The molecule has 1 aliphatic rings. The van der Waals surface area contributed by atoms with E-state index in [2.05, 4.69) is 30.8 Å². The van der Waals surface area contributed by atoms with Gasteiger partial charge in [-0.05, 0) is 19.3 Å². The molecule has 1 heterocycles. The highest BCUT2D eigenvalue weighted by atomic mass is 16.3. The summed E-state index contributed by atoms with van der Waals surface area (Å²) in [5.41, 5.74) is 0. The molecule has 0 saturated carbocycles. The number of hydrogen-bond donors (Lipinski definition) is 1. The number of rotatable bonds is 5. The van der Waals surface area contributed by atoms with E-state index < -0.39 is 0 Å². The number of nitrogens with zero attached hydrogens (tertiary/aromatic N) is 2. The summed E-state index contributed by atoms with van der Waals surface area (Å²) in [5.74, 6) is 0.523. The average molecular weight is 198 g/mol. The molecule has 1 rings (SSSR count). The van der Waals surface area contributed by atoms with Gasteiger partial charge in [0, 0.05) is 13.1 Å². The van der Waals surface area contributed by atoms with Crippen molar-refractivity contribution in [3.05, 3.63) is 12.0 Å². The minimum absolute atomic E-state index is 0.210. The van der Waals surface area contributed by atoms with Crippen molar-refractivity contribution in [2.75, 3.05) is 13.1 Å². The van der Waals surface area contributed by atoms with Gasteiger partial charge < -0.3 is 10.1 Å². The normalized spacial score (nSPS) is 22.9. The largest absolute Gasteiger partial charge is 0.509 e. The van der Waals surface area contributed by atoms with E-state index in [1.165, 1.54) is 0 Å². The molecule has 0 aromatic heterocycles. The first-order chi connectivity index (χ1) is 6.74. The molecule has 0 fully saturated rings. The van der Waals surface area contributed by atoms with Crippen LogP contribution < -0.4 is 0 Å². The average Bonchev–Trinajstić information content (AvgIpc) is 2.44. The molecule has 0 bridgehead atoms. The third-order valence-electron chi connectivity index (χ3n) is 2.60. The molecular formula is C11H22N2O. The van der Waals surface area contributed by atoms with Crippen molar-refractivity contribution < 1.29 is 5.11 Å². The van der Waals surface area contributed by atoms with Crippen molar-refractivity contribution in [2.24, 2.45) is 0 Å². The van der Waals surface area contributed by atoms with E-state index in [-0.39, 0.29) is 6.04 Å². The second-order valence-corrected chi connectivity index (χ2v) is 3.80. The van der Waals surface area contributed by atoms with E-state index in [9.17, 15) is 5.11 Å². The molecule has 82 valence electrons. The van der Waals surface area contributed by atoms with Crippen LogP contribution in [0.2, 0.25) is 0 Å². The standard InChI is InChI=1S/C11H22N2O/c1-4-7-12-9-11(14)10(6-3)13(12)8-5-2/h9-10,14H,4-8H2,1-3H3. The van der Waals surface area contributed by atoms with Gasteiger partial charge >= 0.3 is 0 Å². The Hall–Kier alpha value is -0.700. The van der Waals surface area contributed by atoms with Crippen LogP contribution in [0.5, 0.6) is 0 Å². The summed E-state index contributed by atoms with van der Waals surface area (Å²) in [6.45, 7) is 8.48. The SMILES string of the molecule is CCCN1C=C(O)C(CC)N1CCC. The first-order valence-electron chi connectivity index (χ1n) is 5.68. The Bertz CT molecular complexity index is 203. The molecule has 0 amide bonds. The molecule has 1 N–H and O–H groups in total. The Labute approximate surface area is 87.0 Å². The topological polar surface area (TPSA) is 26.7 Å². The van der Waals surface area contributed by atoms with Gasteiger partial charge in [0.25, 0.3) is 0 Å². The van der Waals surface area contributed by atoms with E-state index in [0.717, 1.165) is 32.4 Å². The van der Waals surface area contributed by atoms with Crippen LogP contribution in [-0.2, 0) is 0 Å². The van der Waals surface area contributed by atoms with E-state index in [1.807, 2.05) is 6.20 Å². The maximum absolute atomic E-state index is 9.76. The number of aliphatic hydroxyl groups excluding tert-OH is 1. The van der Waals surface area contributed by atoms with Gasteiger partial charge in [0.05, 0.1) is 12.2 Å². The lowest BCUT2D eigenvalue weighted by molar-refractivity contribution is 0.00823. The fourth-order valence-electron chi connectivity index (χ4n) is 2.00. The molecule has 0 aromatic rings. The number of hydrogen-bond acceptors (Lipinski definition) is 3. The highest BCUT2D eigenvalue weighted by Crippen LogP contribution is 2.23. The summed E-state index contributed by atoms with van der Waals surface area (Å²) in [6.07, 6.45) is 5.09.